The number of aromatic nitrogens is 1. The Bertz CT molecular complexity index is 614. The Labute approximate surface area is 119 Å². The lowest BCUT2D eigenvalue weighted by atomic mass is 10.2. The molecule has 0 fully saturated rings. The first-order chi connectivity index (χ1) is 9.11. The van der Waals surface area contributed by atoms with Crippen LogP contribution in [-0.2, 0) is 4.74 Å². The molecule has 0 radical (unpaired) electrons. The van der Waals surface area contributed by atoms with Gasteiger partial charge in [0.25, 0.3) is 0 Å². The molecule has 1 aromatic heterocycles. The second kappa shape index (κ2) is 5.84. The molecule has 0 aliphatic carbocycles. The Hall–Kier alpha value is -1.88. The quantitative estimate of drug-likeness (QED) is 0.876. The van der Waals surface area contributed by atoms with Crippen LogP contribution in [-0.4, -0.2) is 18.1 Å². The molecule has 19 heavy (non-hydrogen) atoms. The summed E-state index contributed by atoms with van der Waals surface area (Å²) in [4.78, 5) is 16.0. The number of para-hydroxylation sites is 1. The van der Waals surface area contributed by atoms with Crippen molar-refractivity contribution in [2.45, 2.75) is 6.92 Å². The Morgan fingerprint density at radius 1 is 1.37 bits per heavy atom. The highest BCUT2D eigenvalue weighted by Gasteiger charge is 2.12. The molecule has 1 aromatic carbocycles. The van der Waals surface area contributed by atoms with E-state index < -0.39 is 0 Å². The van der Waals surface area contributed by atoms with Crippen molar-refractivity contribution in [2.75, 3.05) is 12.4 Å². The lowest BCUT2D eigenvalue weighted by Crippen LogP contribution is -2.06. The van der Waals surface area contributed by atoms with Gasteiger partial charge in [-0.25, -0.2) is 9.78 Å². The van der Waals surface area contributed by atoms with Crippen molar-refractivity contribution < 1.29 is 9.53 Å². The number of carbonyl (C=O) groups is 1. The molecule has 0 aliphatic rings. The van der Waals surface area contributed by atoms with Crippen LogP contribution in [0.1, 0.15) is 15.9 Å². The number of carbonyl (C=O) groups excluding carboxylic acids is 1. The minimum absolute atomic E-state index is 0.383. The predicted octanol–water partition coefficient (Wildman–Crippen LogP) is 3.68. The highest BCUT2D eigenvalue weighted by molar-refractivity contribution is 9.10. The lowest BCUT2D eigenvalue weighted by molar-refractivity contribution is 0.0602. The number of nitrogens with zero attached hydrogens (tertiary/aromatic N) is 1. The summed E-state index contributed by atoms with van der Waals surface area (Å²) in [5.74, 6) is 0.272. The van der Waals surface area contributed by atoms with Gasteiger partial charge < -0.3 is 10.1 Å². The summed E-state index contributed by atoms with van der Waals surface area (Å²) in [7, 11) is 1.36. The fraction of sp³-hybridized carbons (Fsp3) is 0.143. The van der Waals surface area contributed by atoms with Crippen LogP contribution in [0.5, 0.6) is 0 Å². The zero-order valence-corrected chi connectivity index (χ0v) is 12.2. The number of esters is 1. The zero-order valence-electron chi connectivity index (χ0n) is 10.6. The molecule has 0 bridgehead atoms. The number of rotatable bonds is 3. The topological polar surface area (TPSA) is 51.2 Å². The molecule has 0 saturated carbocycles. The van der Waals surface area contributed by atoms with Gasteiger partial charge in [-0.05, 0) is 46.6 Å². The molecular weight excluding hydrogens is 308 g/mol. The Kier molecular flexibility index (Phi) is 4.16. The fourth-order valence-corrected chi connectivity index (χ4v) is 2.20. The van der Waals surface area contributed by atoms with Gasteiger partial charge in [-0.15, -0.1) is 0 Å². The van der Waals surface area contributed by atoms with E-state index in [9.17, 15) is 4.79 Å². The van der Waals surface area contributed by atoms with E-state index >= 15 is 0 Å². The number of methoxy groups -OCH3 is 1. The zero-order chi connectivity index (χ0) is 13.8. The molecule has 0 aliphatic heterocycles. The van der Waals surface area contributed by atoms with Crippen LogP contribution in [0.15, 0.2) is 41.0 Å². The van der Waals surface area contributed by atoms with Gasteiger partial charge in [-0.2, -0.15) is 0 Å². The third-order valence-corrected chi connectivity index (χ3v) is 3.17. The molecule has 0 spiro atoms. The predicted molar refractivity (Wildman–Crippen MR) is 77.7 cm³/mol. The van der Waals surface area contributed by atoms with Crippen molar-refractivity contribution in [3.8, 4) is 0 Å². The third-order valence-electron chi connectivity index (χ3n) is 2.56. The lowest BCUT2D eigenvalue weighted by Gasteiger charge is -2.11. The molecule has 4 nitrogen and oxygen atoms in total. The van der Waals surface area contributed by atoms with Crippen LogP contribution < -0.4 is 5.32 Å². The molecular formula is C14H13BrN2O2. The van der Waals surface area contributed by atoms with Gasteiger partial charge in [-0.3, -0.25) is 0 Å². The molecule has 98 valence electrons. The summed E-state index contributed by atoms with van der Waals surface area (Å²) in [5.41, 5.74) is 2.18. The molecule has 0 atom stereocenters. The first-order valence-electron chi connectivity index (χ1n) is 5.68. The molecule has 2 aromatic rings. The number of hydrogen-bond donors (Lipinski definition) is 1. The van der Waals surface area contributed by atoms with E-state index in [-0.39, 0.29) is 5.97 Å². The minimum atomic E-state index is -0.383. The standard InChI is InChI=1S/C14H13BrN2O2/c1-9-7-11(15)13(16-8-9)17-12-6-4-3-5-10(12)14(18)19-2/h3-8H,1-2H3,(H,16,17). The van der Waals surface area contributed by atoms with Gasteiger partial charge in [0.05, 0.1) is 22.8 Å². The average molecular weight is 321 g/mol. The Balaban J connectivity index is 2.35. The summed E-state index contributed by atoms with van der Waals surface area (Å²) < 4.78 is 5.59. The van der Waals surface area contributed by atoms with E-state index in [1.807, 2.05) is 19.1 Å². The minimum Gasteiger partial charge on any atom is -0.465 e. The van der Waals surface area contributed by atoms with Gasteiger partial charge in [0.15, 0.2) is 0 Å². The first-order valence-corrected chi connectivity index (χ1v) is 6.47. The van der Waals surface area contributed by atoms with E-state index in [1.54, 1.807) is 24.4 Å². The third kappa shape index (κ3) is 3.12. The number of ether oxygens (including phenoxy) is 1. The smallest absolute Gasteiger partial charge is 0.339 e. The number of benzene rings is 1. The van der Waals surface area contributed by atoms with Crippen LogP contribution >= 0.6 is 15.9 Å². The van der Waals surface area contributed by atoms with Crippen molar-refractivity contribution in [3.05, 3.63) is 52.1 Å². The van der Waals surface area contributed by atoms with Gasteiger partial charge in [0.1, 0.15) is 5.82 Å². The number of nitrogens with one attached hydrogen (secondary N) is 1. The number of halogens is 1. The van der Waals surface area contributed by atoms with Crippen LogP contribution in [0.4, 0.5) is 11.5 Å². The molecule has 0 amide bonds. The van der Waals surface area contributed by atoms with Crippen molar-refractivity contribution in [1.82, 2.24) is 4.98 Å². The summed E-state index contributed by atoms with van der Waals surface area (Å²) in [6, 6.07) is 9.10. The number of hydrogen-bond acceptors (Lipinski definition) is 4. The number of pyridine rings is 1. The van der Waals surface area contributed by atoms with Crippen LogP contribution in [0, 0.1) is 6.92 Å². The SMILES string of the molecule is COC(=O)c1ccccc1Nc1ncc(C)cc1Br. The fourth-order valence-electron chi connectivity index (χ4n) is 1.63. The van der Waals surface area contributed by atoms with E-state index in [2.05, 4.69) is 26.2 Å². The molecule has 0 saturated heterocycles. The van der Waals surface area contributed by atoms with Gasteiger partial charge in [0, 0.05) is 6.20 Å². The maximum atomic E-state index is 11.7. The molecule has 2 rings (SSSR count). The maximum Gasteiger partial charge on any atom is 0.339 e. The molecule has 0 unspecified atom stereocenters. The van der Waals surface area contributed by atoms with Crippen LogP contribution in [0.25, 0.3) is 0 Å². The van der Waals surface area contributed by atoms with E-state index in [0.29, 0.717) is 17.1 Å². The average Bonchev–Trinajstić information content (AvgIpc) is 2.41. The van der Waals surface area contributed by atoms with Crippen molar-refractivity contribution in [3.63, 3.8) is 0 Å². The highest BCUT2D eigenvalue weighted by atomic mass is 79.9. The normalized spacial score (nSPS) is 10.1. The first kappa shape index (κ1) is 13.5. The summed E-state index contributed by atoms with van der Waals surface area (Å²) in [6.45, 7) is 1.96. The van der Waals surface area contributed by atoms with Crippen molar-refractivity contribution in [2.24, 2.45) is 0 Å². The van der Waals surface area contributed by atoms with E-state index in [4.69, 9.17) is 4.74 Å². The summed E-state index contributed by atoms with van der Waals surface area (Å²) >= 11 is 3.44. The largest absolute Gasteiger partial charge is 0.465 e. The number of anilines is 2. The maximum absolute atomic E-state index is 11.7. The monoisotopic (exact) mass is 320 g/mol. The van der Waals surface area contributed by atoms with Crippen molar-refractivity contribution >= 4 is 33.4 Å². The molecule has 1 heterocycles. The van der Waals surface area contributed by atoms with Gasteiger partial charge >= 0.3 is 5.97 Å². The highest BCUT2D eigenvalue weighted by Crippen LogP contribution is 2.26. The second-order valence-electron chi connectivity index (χ2n) is 4.01. The van der Waals surface area contributed by atoms with Crippen LogP contribution in [0.3, 0.4) is 0 Å². The van der Waals surface area contributed by atoms with E-state index in [0.717, 1.165) is 10.0 Å². The van der Waals surface area contributed by atoms with Crippen LogP contribution in [0.2, 0.25) is 0 Å². The Morgan fingerprint density at radius 3 is 2.79 bits per heavy atom. The Morgan fingerprint density at radius 2 is 2.11 bits per heavy atom. The van der Waals surface area contributed by atoms with E-state index in [1.165, 1.54) is 7.11 Å². The summed E-state index contributed by atoms with van der Waals surface area (Å²) in [6.07, 6.45) is 1.76. The second-order valence-corrected chi connectivity index (χ2v) is 4.86. The van der Waals surface area contributed by atoms with Gasteiger partial charge in [-0.1, -0.05) is 12.1 Å². The molecule has 5 heteroatoms. The van der Waals surface area contributed by atoms with Gasteiger partial charge in [0.2, 0.25) is 0 Å². The number of aryl methyl sites for hydroxylation is 1. The molecule has 1 N–H and O–H groups in total. The summed E-state index contributed by atoms with van der Waals surface area (Å²) in [5, 5.41) is 3.12. The van der Waals surface area contributed by atoms with Crippen molar-refractivity contribution in [1.29, 1.82) is 0 Å².